The van der Waals surface area contributed by atoms with Crippen molar-refractivity contribution in [2.45, 2.75) is 26.7 Å². The minimum atomic E-state index is -0.0428. The van der Waals surface area contributed by atoms with E-state index in [2.05, 4.69) is 15.3 Å². The fourth-order valence-electron chi connectivity index (χ4n) is 2.06. The fraction of sp³-hybridized carbons (Fsp3) is 0.312. The largest absolute Gasteiger partial charge is 0.467 e. The average molecular weight is 285 g/mol. The Morgan fingerprint density at radius 3 is 2.33 bits per heavy atom. The molecule has 0 spiro atoms. The van der Waals surface area contributed by atoms with Crippen LogP contribution >= 0.6 is 0 Å². The predicted molar refractivity (Wildman–Crippen MR) is 81.5 cm³/mol. The van der Waals surface area contributed by atoms with Gasteiger partial charge >= 0.3 is 6.01 Å². The highest BCUT2D eigenvalue weighted by atomic mass is 16.5. The van der Waals surface area contributed by atoms with Crippen LogP contribution in [0, 0.1) is 13.8 Å². The number of nitrogens with one attached hydrogen (secondary N) is 1. The van der Waals surface area contributed by atoms with Crippen LogP contribution in [-0.2, 0) is 11.2 Å². The zero-order valence-electron chi connectivity index (χ0n) is 12.5. The molecule has 2 rings (SSSR count). The molecule has 110 valence electrons. The molecule has 0 saturated carbocycles. The first-order chi connectivity index (χ1) is 10.1. The molecule has 0 aliphatic heterocycles. The topological polar surface area (TPSA) is 64.1 Å². The SMILES string of the molecule is COc1nc(C)c(NC(=O)CCc2ccccc2)c(C)n1. The van der Waals surface area contributed by atoms with E-state index in [9.17, 15) is 4.79 Å². The van der Waals surface area contributed by atoms with Gasteiger partial charge in [-0.05, 0) is 25.8 Å². The van der Waals surface area contributed by atoms with Gasteiger partial charge in [-0.2, -0.15) is 9.97 Å². The van der Waals surface area contributed by atoms with Gasteiger partial charge in [0.25, 0.3) is 0 Å². The Kier molecular flexibility index (Phi) is 4.87. The quantitative estimate of drug-likeness (QED) is 0.917. The first-order valence-corrected chi connectivity index (χ1v) is 6.83. The second kappa shape index (κ2) is 6.83. The van der Waals surface area contributed by atoms with Crippen molar-refractivity contribution in [2.75, 3.05) is 12.4 Å². The van der Waals surface area contributed by atoms with Crippen LogP contribution in [0.3, 0.4) is 0 Å². The number of hydrogen-bond acceptors (Lipinski definition) is 4. The maximum absolute atomic E-state index is 12.0. The first kappa shape index (κ1) is 15.0. The molecule has 5 nitrogen and oxygen atoms in total. The molecule has 21 heavy (non-hydrogen) atoms. The predicted octanol–water partition coefficient (Wildman–Crippen LogP) is 2.67. The molecule has 0 aliphatic rings. The molecule has 0 radical (unpaired) electrons. The Morgan fingerprint density at radius 2 is 1.76 bits per heavy atom. The molecule has 2 aromatic rings. The highest BCUT2D eigenvalue weighted by Gasteiger charge is 2.11. The van der Waals surface area contributed by atoms with E-state index < -0.39 is 0 Å². The van der Waals surface area contributed by atoms with Gasteiger partial charge in [0, 0.05) is 6.42 Å². The Balaban J connectivity index is 2.00. The van der Waals surface area contributed by atoms with Crippen molar-refractivity contribution in [1.82, 2.24) is 9.97 Å². The number of anilines is 1. The zero-order chi connectivity index (χ0) is 15.2. The van der Waals surface area contributed by atoms with Crippen molar-refractivity contribution in [2.24, 2.45) is 0 Å². The monoisotopic (exact) mass is 285 g/mol. The number of carbonyl (C=O) groups is 1. The van der Waals surface area contributed by atoms with E-state index in [0.29, 0.717) is 35.9 Å². The second-order valence-corrected chi connectivity index (χ2v) is 4.79. The Hall–Kier alpha value is -2.43. The lowest BCUT2D eigenvalue weighted by molar-refractivity contribution is -0.116. The Bertz CT molecular complexity index is 604. The molecule has 1 amide bonds. The molecule has 0 bridgehead atoms. The van der Waals surface area contributed by atoms with E-state index in [1.807, 2.05) is 44.2 Å². The zero-order valence-corrected chi connectivity index (χ0v) is 12.5. The summed E-state index contributed by atoms with van der Waals surface area (Å²) in [5.41, 5.74) is 3.21. The summed E-state index contributed by atoms with van der Waals surface area (Å²) < 4.78 is 5.01. The highest BCUT2D eigenvalue weighted by Crippen LogP contribution is 2.19. The maximum atomic E-state index is 12.0. The van der Waals surface area contributed by atoms with Crippen LogP contribution in [0.15, 0.2) is 30.3 Å². The van der Waals surface area contributed by atoms with Crippen LogP contribution < -0.4 is 10.1 Å². The lowest BCUT2D eigenvalue weighted by Crippen LogP contribution is -2.15. The normalized spacial score (nSPS) is 10.2. The number of amides is 1. The van der Waals surface area contributed by atoms with Crippen molar-refractivity contribution in [1.29, 1.82) is 0 Å². The summed E-state index contributed by atoms with van der Waals surface area (Å²) in [4.78, 5) is 20.4. The summed E-state index contributed by atoms with van der Waals surface area (Å²) in [5.74, 6) is -0.0428. The summed E-state index contributed by atoms with van der Waals surface area (Å²) in [6, 6.07) is 10.2. The third kappa shape index (κ3) is 4.02. The fourth-order valence-corrected chi connectivity index (χ4v) is 2.06. The highest BCUT2D eigenvalue weighted by molar-refractivity contribution is 5.91. The lowest BCUT2D eigenvalue weighted by atomic mass is 10.1. The summed E-state index contributed by atoms with van der Waals surface area (Å²) >= 11 is 0. The van der Waals surface area contributed by atoms with Crippen LogP contribution in [0.25, 0.3) is 0 Å². The third-order valence-corrected chi connectivity index (χ3v) is 3.18. The minimum absolute atomic E-state index is 0.0428. The molecule has 0 atom stereocenters. The number of benzene rings is 1. The summed E-state index contributed by atoms with van der Waals surface area (Å²) in [6.07, 6.45) is 1.14. The standard InChI is InChI=1S/C16H19N3O2/c1-11-15(12(2)18-16(17-11)21-3)19-14(20)10-9-13-7-5-4-6-8-13/h4-8H,9-10H2,1-3H3,(H,19,20). The number of methoxy groups -OCH3 is 1. The smallest absolute Gasteiger partial charge is 0.316 e. The molecule has 5 heteroatoms. The second-order valence-electron chi connectivity index (χ2n) is 4.79. The molecule has 0 unspecified atom stereocenters. The third-order valence-electron chi connectivity index (χ3n) is 3.18. The molecule has 1 heterocycles. The Labute approximate surface area is 124 Å². The van der Waals surface area contributed by atoms with Crippen molar-refractivity contribution in [3.63, 3.8) is 0 Å². The van der Waals surface area contributed by atoms with E-state index in [1.165, 1.54) is 7.11 Å². The molecule has 1 N–H and O–H groups in total. The van der Waals surface area contributed by atoms with Gasteiger partial charge in [-0.25, -0.2) is 0 Å². The van der Waals surface area contributed by atoms with Gasteiger partial charge in [-0.1, -0.05) is 30.3 Å². The molecule has 0 aliphatic carbocycles. The number of rotatable bonds is 5. The van der Waals surface area contributed by atoms with Gasteiger partial charge < -0.3 is 10.1 Å². The molecule has 1 aromatic heterocycles. The van der Waals surface area contributed by atoms with E-state index in [-0.39, 0.29) is 5.91 Å². The average Bonchev–Trinajstić information content (AvgIpc) is 2.49. The number of aromatic nitrogens is 2. The summed E-state index contributed by atoms with van der Waals surface area (Å²) in [7, 11) is 1.52. The number of nitrogens with zero attached hydrogens (tertiary/aromatic N) is 2. The van der Waals surface area contributed by atoms with Gasteiger partial charge in [0.1, 0.15) is 0 Å². The van der Waals surface area contributed by atoms with Crippen molar-refractivity contribution in [3.8, 4) is 6.01 Å². The molecular weight excluding hydrogens is 266 g/mol. The van der Waals surface area contributed by atoms with Crippen molar-refractivity contribution < 1.29 is 9.53 Å². The number of ether oxygens (including phenoxy) is 1. The van der Waals surface area contributed by atoms with E-state index >= 15 is 0 Å². The molecule has 0 fully saturated rings. The van der Waals surface area contributed by atoms with E-state index in [0.717, 1.165) is 5.56 Å². The van der Waals surface area contributed by atoms with Crippen LogP contribution in [0.1, 0.15) is 23.4 Å². The Morgan fingerprint density at radius 1 is 1.14 bits per heavy atom. The lowest BCUT2D eigenvalue weighted by Gasteiger charge is -2.11. The first-order valence-electron chi connectivity index (χ1n) is 6.83. The van der Waals surface area contributed by atoms with Gasteiger partial charge in [0.2, 0.25) is 5.91 Å². The summed E-state index contributed by atoms with van der Waals surface area (Å²) in [6.45, 7) is 3.65. The number of aryl methyl sites for hydroxylation is 3. The van der Waals surface area contributed by atoms with Crippen LogP contribution in [0.5, 0.6) is 6.01 Å². The maximum Gasteiger partial charge on any atom is 0.316 e. The molecular formula is C16H19N3O2. The molecule has 1 aromatic carbocycles. The van der Waals surface area contributed by atoms with Crippen LogP contribution in [0.2, 0.25) is 0 Å². The minimum Gasteiger partial charge on any atom is -0.467 e. The van der Waals surface area contributed by atoms with Gasteiger partial charge in [0.15, 0.2) is 0 Å². The number of carbonyl (C=O) groups excluding carboxylic acids is 1. The molecule has 0 saturated heterocycles. The van der Waals surface area contributed by atoms with Crippen LogP contribution in [-0.4, -0.2) is 23.0 Å². The van der Waals surface area contributed by atoms with Gasteiger partial charge in [0.05, 0.1) is 24.2 Å². The van der Waals surface area contributed by atoms with Gasteiger partial charge in [-0.3, -0.25) is 4.79 Å². The summed E-state index contributed by atoms with van der Waals surface area (Å²) in [5, 5.41) is 2.88. The van der Waals surface area contributed by atoms with Gasteiger partial charge in [-0.15, -0.1) is 0 Å². The number of hydrogen-bond donors (Lipinski definition) is 1. The van der Waals surface area contributed by atoms with E-state index in [1.54, 1.807) is 0 Å². The van der Waals surface area contributed by atoms with Crippen molar-refractivity contribution >= 4 is 11.6 Å². The van der Waals surface area contributed by atoms with Crippen molar-refractivity contribution in [3.05, 3.63) is 47.3 Å². The van der Waals surface area contributed by atoms with Crippen LogP contribution in [0.4, 0.5) is 5.69 Å². The van der Waals surface area contributed by atoms with E-state index in [4.69, 9.17) is 4.74 Å².